The molecule has 1 aromatic rings. The molecule has 0 radical (unpaired) electrons. The number of rotatable bonds is 3. The van der Waals surface area contributed by atoms with E-state index in [4.69, 9.17) is 4.74 Å². The van der Waals surface area contributed by atoms with Crippen molar-refractivity contribution < 1.29 is 9.84 Å². The van der Waals surface area contributed by atoms with E-state index in [0.29, 0.717) is 0 Å². The maximum absolute atomic E-state index is 10.1. The summed E-state index contributed by atoms with van der Waals surface area (Å²) in [7, 11) is 1.69. The van der Waals surface area contributed by atoms with E-state index < -0.39 is 6.10 Å². The van der Waals surface area contributed by atoms with Crippen molar-refractivity contribution in [2.75, 3.05) is 7.11 Å². The molecule has 2 rings (SSSR count). The third kappa shape index (κ3) is 1.41. The molecule has 1 saturated carbocycles. The largest absolute Gasteiger partial charge is 0.385 e. The lowest BCUT2D eigenvalue weighted by Crippen LogP contribution is -2.44. The van der Waals surface area contributed by atoms with Crippen molar-refractivity contribution in [3.63, 3.8) is 0 Å². The maximum atomic E-state index is 10.1. The Morgan fingerprint density at radius 1 is 1.62 bits per heavy atom. The molecule has 1 fully saturated rings. The average Bonchev–Trinajstić information content (AvgIpc) is 2.54. The highest BCUT2D eigenvalue weighted by Gasteiger charge is 2.44. The van der Waals surface area contributed by atoms with Crippen molar-refractivity contribution in [1.82, 2.24) is 0 Å². The highest BCUT2D eigenvalue weighted by molar-refractivity contribution is 7.10. The minimum absolute atomic E-state index is 0.287. The van der Waals surface area contributed by atoms with Gasteiger partial charge >= 0.3 is 0 Å². The summed E-state index contributed by atoms with van der Waals surface area (Å²) in [5, 5.41) is 12.1. The van der Waals surface area contributed by atoms with E-state index in [1.807, 2.05) is 17.5 Å². The number of ether oxygens (including phenoxy) is 1. The van der Waals surface area contributed by atoms with Crippen LogP contribution in [0.5, 0.6) is 0 Å². The van der Waals surface area contributed by atoms with Gasteiger partial charge in [0.1, 0.15) is 6.10 Å². The number of aliphatic hydroxyl groups is 1. The van der Waals surface area contributed by atoms with Crippen LogP contribution in [0.25, 0.3) is 0 Å². The molecular formula is C10H14O2S. The van der Waals surface area contributed by atoms with Crippen LogP contribution in [0.4, 0.5) is 0 Å². The normalized spacial score (nSPS) is 22.3. The van der Waals surface area contributed by atoms with Gasteiger partial charge in [-0.25, -0.2) is 0 Å². The molecule has 1 aliphatic carbocycles. The maximum Gasteiger partial charge on any atom is 0.117 e. The lowest BCUT2D eigenvalue weighted by Gasteiger charge is -2.43. The summed E-state index contributed by atoms with van der Waals surface area (Å²) in [6.07, 6.45) is 2.67. The number of aliphatic hydroxyl groups excluding tert-OH is 1. The summed E-state index contributed by atoms with van der Waals surface area (Å²) in [5.41, 5.74) is -0.287. The Kier molecular flexibility index (Phi) is 2.41. The molecule has 0 aliphatic heterocycles. The van der Waals surface area contributed by atoms with Gasteiger partial charge in [0.05, 0.1) is 5.60 Å². The molecule has 1 unspecified atom stereocenters. The van der Waals surface area contributed by atoms with Gasteiger partial charge < -0.3 is 9.84 Å². The summed E-state index contributed by atoms with van der Waals surface area (Å²) >= 11 is 1.59. The van der Waals surface area contributed by atoms with Crippen molar-refractivity contribution in [1.29, 1.82) is 0 Å². The van der Waals surface area contributed by atoms with Crippen molar-refractivity contribution in [2.45, 2.75) is 31.0 Å². The first-order chi connectivity index (χ1) is 6.28. The second-order valence-electron chi connectivity index (χ2n) is 3.54. The molecule has 1 N–H and O–H groups in total. The van der Waals surface area contributed by atoms with E-state index in [0.717, 1.165) is 24.1 Å². The molecule has 2 nitrogen and oxygen atoms in total. The minimum atomic E-state index is -0.439. The molecule has 1 aromatic heterocycles. The quantitative estimate of drug-likeness (QED) is 0.808. The van der Waals surface area contributed by atoms with Crippen molar-refractivity contribution >= 4 is 11.3 Å². The molecule has 1 aliphatic rings. The van der Waals surface area contributed by atoms with Crippen LogP contribution in [0.1, 0.15) is 30.2 Å². The fourth-order valence-corrected chi connectivity index (χ4v) is 2.64. The van der Waals surface area contributed by atoms with Gasteiger partial charge in [0.15, 0.2) is 0 Å². The number of hydrogen-bond acceptors (Lipinski definition) is 3. The monoisotopic (exact) mass is 198 g/mol. The summed E-state index contributed by atoms with van der Waals surface area (Å²) in [5.74, 6) is 0. The Balaban J connectivity index is 2.16. The van der Waals surface area contributed by atoms with E-state index in [1.165, 1.54) is 0 Å². The van der Waals surface area contributed by atoms with Gasteiger partial charge in [-0.3, -0.25) is 0 Å². The zero-order valence-electron chi connectivity index (χ0n) is 7.69. The van der Waals surface area contributed by atoms with Crippen molar-refractivity contribution in [2.24, 2.45) is 0 Å². The van der Waals surface area contributed by atoms with Gasteiger partial charge in [0.25, 0.3) is 0 Å². The number of thiophene rings is 1. The van der Waals surface area contributed by atoms with E-state index in [2.05, 4.69) is 0 Å². The number of methoxy groups -OCH3 is 1. The molecule has 1 atom stereocenters. The topological polar surface area (TPSA) is 29.5 Å². The van der Waals surface area contributed by atoms with Crippen LogP contribution in [-0.2, 0) is 4.74 Å². The van der Waals surface area contributed by atoms with E-state index in [-0.39, 0.29) is 5.60 Å². The lowest BCUT2D eigenvalue weighted by atomic mass is 9.75. The minimum Gasteiger partial charge on any atom is -0.385 e. The van der Waals surface area contributed by atoms with Gasteiger partial charge in [-0.2, -0.15) is 0 Å². The van der Waals surface area contributed by atoms with Gasteiger partial charge in [-0.05, 0) is 30.7 Å². The van der Waals surface area contributed by atoms with E-state index in [9.17, 15) is 5.11 Å². The molecule has 13 heavy (non-hydrogen) atoms. The predicted octanol–water partition coefficient (Wildman–Crippen LogP) is 2.35. The Bertz CT molecular complexity index is 259. The first-order valence-corrected chi connectivity index (χ1v) is 5.43. The third-order valence-electron chi connectivity index (χ3n) is 2.92. The van der Waals surface area contributed by atoms with Gasteiger partial charge in [-0.15, -0.1) is 11.3 Å². The lowest BCUT2D eigenvalue weighted by molar-refractivity contribution is -0.150. The van der Waals surface area contributed by atoms with E-state index >= 15 is 0 Å². The molecule has 72 valence electrons. The summed E-state index contributed by atoms with van der Waals surface area (Å²) in [4.78, 5) is 1.02. The zero-order valence-corrected chi connectivity index (χ0v) is 8.51. The first-order valence-electron chi connectivity index (χ1n) is 4.55. The molecule has 3 heteroatoms. The van der Waals surface area contributed by atoms with E-state index in [1.54, 1.807) is 18.4 Å². The zero-order chi connectivity index (χ0) is 9.31. The van der Waals surface area contributed by atoms with Crippen LogP contribution in [0.2, 0.25) is 0 Å². The fraction of sp³-hybridized carbons (Fsp3) is 0.600. The molecule has 0 aromatic carbocycles. The second-order valence-corrected chi connectivity index (χ2v) is 4.52. The van der Waals surface area contributed by atoms with Crippen LogP contribution in [0.15, 0.2) is 17.5 Å². The molecular weight excluding hydrogens is 184 g/mol. The Morgan fingerprint density at radius 3 is 2.77 bits per heavy atom. The van der Waals surface area contributed by atoms with Gasteiger partial charge in [-0.1, -0.05) is 6.07 Å². The summed E-state index contributed by atoms with van der Waals surface area (Å²) in [6, 6.07) is 3.93. The Labute approximate surface area is 82.2 Å². The van der Waals surface area contributed by atoms with Crippen LogP contribution >= 0.6 is 11.3 Å². The average molecular weight is 198 g/mol. The van der Waals surface area contributed by atoms with Gasteiger partial charge in [0, 0.05) is 12.0 Å². The Hall–Kier alpha value is -0.380. The third-order valence-corrected chi connectivity index (χ3v) is 3.84. The highest BCUT2D eigenvalue weighted by atomic mass is 32.1. The predicted molar refractivity (Wildman–Crippen MR) is 52.9 cm³/mol. The first kappa shape index (κ1) is 9.19. The van der Waals surface area contributed by atoms with Crippen LogP contribution in [-0.4, -0.2) is 17.8 Å². The van der Waals surface area contributed by atoms with Crippen LogP contribution in [0.3, 0.4) is 0 Å². The number of hydrogen-bond donors (Lipinski definition) is 1. The summed E-state index contributed by atoms with van der Waals surface area (Å²) in [6.45, 7) is 0. The Morgan fingerprint density at radius 2 is 2.38 bits per heavy atom. The standard InChI is InChI=1S/C10H14O2S/c1-12-10(5-3-6-10)9(11)8-4-2-7-13-8/h2,4,7,9,11H,3,5-6H2,1H3. The van der Waals surface area contributed by atoms with Gasteiger partial charge in [0.2, 0.25) is 0 Å². The second kappa shape index (κ2) is 3.40. The molecule has 0 bridgehead atoms. The summed E-state index contributed by atoms with van der Waals surface area (Å²) < 4.78 is 5.42. The fourth-order valence-electron chi connectivity index (χ4n) is 1.82. The molecule has 0 saturated heterocycles. The van der Waals surface area contributed by atoms with Crippen LogP contribution in [0, 0.1) is 0 Å². The molecule has 0 spiro atoms. The van der Waals surface area contributed by atoms with Crippen LogP contribution < -0.4 is 0 Å². The molecule has 0 amide bonds. The highest BCUT2D eigenvalue weighted by Crippen LogP contribution is 2.45. The smallest absolute Gasteiger partial charge is 0.117 e. The van der Waals surface area contributed by atoms with Crippen molar-refractivity contribution in [3.05, 3.63) is 22.4 Å². The molecule has 1 heterocycles. The van der Waals surface area contributed by atoms with Crippen molar-refractivity contribution in [3.8, 4) is 0 Å². The SMILES string of the molecule is COC1(C(O)c2cccs2)CCC1.